The van der Waals surface area contributed by atoms with Crippen molar-refractivity contribution in [3.63, 3.8) is 0 Å². The minimum atomic E-state index is 0.258. The van der Waals surface area contributed by atoms with Gasteiger partial charge in [0.2, 0.25) is 12.7 Å². The van der Waals surface area contributed by atoms with Crippen LogP contribution in [0.2, 0.25) is 5.02 Å². The number of fused-ring (bicyclic) bond motifs is 1. The summed E-state index contributed by atoms with van der Waals surface area (Å²) in [4.78, 5) is 14.8. The van der Waals surface area contributed by atoms with Crippen LogP contribution in [-0.4, -0.2) is 36.7 Å². The third-order valence-corrected chi connectivity index (χ3v) is 8.59. The Morgan fingerprint density at radius 2 is 2.03 bits per heavy atom. The number of ether oxygens (including phenoxy) is 2. The molecule has 1 N–H and O–H groups in total. The number of nitrogens with zero attached hydrogens (tertiary/aromatic N) is 1. The maximum absolute atomic E-state index is 12.6. The molecule has 0 radical (unpaired) electrons. The van der Waals surface area contributed by atoms with E-state index in [0.29, 0.717) is 47.0 Å². The Morgan fingerprint density at radius 3 is 2.83 bits per heavy atom. The quantitative estimate of drug-likeness (QED) is 0.523. The van der Waals surface area contributed by atoms with Crippen molar-refractivity contribution in [3.05, 3.63) is 34.9 Å². The van der Waals surface area contributed by atoms with E-state index in [1.54, 1.807) is 0 Å². The molecule has 3 aliphatic carbocycles. The minimum Gasteiger partial charge on any atom is -0.454 e. The number of carbonyl (C=O) groups is 1. The molecular weight excluding hydrogens is 400 g/mol. The van der Waals surface area contributed by atoms with Crippen LogP contribution in [0, 0.1) is 23.2 Å². The highest BCUT2D eigenvalue weighted by Crippen LogP contribution is 2.70. The fourth-order valence-corrected chi connectivity index (χ4v) is 6.74. The van der Waals surface area contributed by atoms with E-state index in [0.717, 1.165) is 49.1 Å². The maximum atomic E-state index is 12.6. The van der Waals surface area contributed by atoms with Gasteiger partial charge < -0.3 is 19.7 Å². The SMILES string of the molecule is O=C1CC[C@H](CCNCc2cc3c(cc2Cl)OCO3)N1C[C@H]1C[C@@H]2C=C[C@@H]1C21CC1. The van der Waals surface area contributed by atoms with Gasteiger partial charge in [0, 0.05) is 36.6 Å². The molecule has 3 fully saturated rings. The Balaban J connectivity index is 1.03. The molecule has 6 rings (SSSR count). The molecule has 0 unspecified atom stereocenters. The Bertz CT molecular complexity index is 897. The summed E-state index contributed by atoms with van der Waals surface area (Å²) in [5.74, 6) is 4.02. The molecule has 1 spiro atoms. The summed E-state index contributed by atoms with van der Waals surface area (Å²) >= 11 is 6.38. The molecule has 160 valence electrons. The zero-order valence-corrected chi connectivity index (χ0v) is 18.0. The molecule has 5 nitrogen and oxygen atoms in total. The van der Waals surface area contributed by atoms with Crippen LogP contribution in [0.15, 0.2) is 24.3 Å². The van der Waals surface area contributed by atoms with Crippen LogP contribution in [0.3, 0.4) is 0 Å². The van der Waals surface area contributed by atoms with E-state index in [4.69, 9.17) is 21.1 Å². The second kappa shape index (κ2) is 7.16. The summed E-state index contributed by atoms with van der Waals surface area (Å²) in [6.07, 6.45) is 11.7. The summed E-state index contributed by atoms with van der Waals surface area (Å²) < 4.78 is 10.8. The Labute approximate surface area is 182 Å². The predicted octanol–water partition coefficient (Wildman–Crippen LogP) is 4.14. The van der Waals surface area contributed by atoms with Crippen molar-refractivity contribution in [2.75, 3.05) is 19.9 Å². The number of nitrogens with one attached hydrogen (secondary N) is 1. The van der Waals surface area contributed by atoms with E-state index in [1.165, 1.54) is 19.3 Å². The number of allylic oxidation sites excluding steroid dienone is 2. The van der Waals surface area contributed by atoms with E-state index in [1.807, 2.05) is 12.1 Å². The van der Waals surface area contributed by atoms with E-state index in [2.05, 4.69) is 22.4 Å². The lowest BCUT2D eigenvalue weighted by Gasteiger charge is -2.30. The molecule has 2 bridgehead atoms. The van der Waals surface area contributed by atoms with Crippen molar-refractivity contribution in [2.45, 2.75) is 51.1 Å². The van der Waals surface area contributed by atoms with Crippen molar-refractivity contribution in [1.29, 1.82) is 0 Å². The monoisotopic (exact) mass is 428 g/mol. The Kier molecular flexibility index (Phi) is 4.54. The van der Waals surface area contributed by atoms with Gasteiger partial charge in [-0.25, -0.2) is 0 Å². The van der Waals surface area contributed by atoms with E-state index in [9.17, 15) is 4.79 Å². The van der Waals surface area contributed by atoms with Gasteiger partial charge in [-0.05, 0) is 73.4 Å². The fourth-order valence-electron chi connectivity index (χ4n) is 6.52. The first-order chi connectivity index (χ1) is 14.6. The first-order valence-corrected chi connectivity index (χ1v) is 11.8. The first-order valence-electron chi connectivity index (χ1n) is 11.4. The lowest BCUT2D eigenvalue weighted by atomic mass is 9.88. The van der Waals surface area contributed by atoms with Crippen molar-refractivity contribution >= 4 is 17.5 Å². The number of hydrogen-bond acceptors (Lipinski definition) is 4. The molecule has 0 aromatic heterocycles. The largest absolute Gasteiger partial charge is 0.454 e. The molecule has 6 heteroatoms. The molecular formula is C24H29ClN2O3. The highest BCUT2D eigenvalue weighted by molar-refractivity contribution is 6.31. The van der Waals surface area contributed by atoms with E-state index >= 15 is 0 Å². The van der Waals surface area contributed by atoms with Gasteiger partial charge in [-0.15, -0.1) is 0 Å². The zero-order valence-electron chi connectivity index (χ0n) is 17.2. The first kappa shape index (κ1) is 19.0. The molecule has 2 heterocycles. The summed E-state index contributed by atoms with van der Waals surface area (Å²) in [7, 11) is 0. The van der Waals surface area contributed by atoms with Crippen molar-refractivity contribution in [1.82, 2.24) is 10.2 Å². The van der Waals surface area contributed by atoms with Crippen molar-refractivity contribution < 1.29 is 14.3 Å². The average Bonchev–Trinajstić information content (AvgIpc) is 2.95. The van der Waals surface area contributed by atoms with Gasteiger partial charge in [0.15, 0.2) is 11.5 Å². The summed E-state index contributed by atoms with van der Waals surface area (Å²) in [6, 6.07) is 4.16. The highest BCUT2D eigenvalue weighted by atomic mass is 35.5. The van der Waals surface area contributed by atoms with Crippen LogP contribution in [-0.2, 0) is 11.3 Å². The van der Waals surface area contributed by atoms with Gasteiger partial charge in [-0.3, -0.25) is 4.79 Å². The van der Waals surface area contributed by atoms with E-state index in [-0.39, 0.29) is 6.79 Å². The molecule has 1 aromatic rings. The van der Waals surface area contributed by atoms with Crippen LogP contribution in [0.25, 0.3) is 0 Å². The second-order valence-corrected chi connectivity index (χ2v) is 10.2. The molecule has 1 saturated heterocycles. The van der Waals surface area contributed by atoms with Gasteiger partial charge in [0.25, 0.3) is 0 Å². The van der Waals surface area contributed by atoms with Crippen LogP contribution in [0.4, 0.5) is 0 Å². The van der Waals surface area contributed by atoms with Crippen molar-refractivity contribution in [2.24, 2.45) is 23.2 Å². The number of hydrogen-bond donors (Lipinski definition) is 1. The number of rotatable bonds is 7. The van der Waals surface area contributed by atoms with Gasteiger partial charge >= 0.3 is 0 Å². The van der Waals surface area contributed by atoms with Gasteiger partial charge in [0.1, 0.15) is 0 Å². The van der Waals surface area contributed by atoms with Crippen LogP contribution in [0.1, 0.15) is 44.1 Å². The molecule has 4 atom stereocenters. The third kappa shape index (κ3) is 3.04. The highest BCUT2D eigenvalue weighted by Gasteiger charge is 2.62. The number of halogens is 1. The average molecular weight is 429 g/mol. The maximum Gasteiger partial charge on any atom is 0.231 e. The molecule has 5 aliphatic rings. The standard InChI is InChI=1S/C24H29ClN2O3/c25-20-11-22-21(29-14-30-22)10-15(20)12-26-8-5-18-2-4-23(28)27(18)13-16-9-17-1-3-19(16)24(17)6-7-24/h1,3,10-11,16-19,26H,2,4-9,12-14H2/t16-,17+,18-,19+/m1/s1. The van der Waals surface area contributed by atoms with Crippen LogP contribution in [0.5, 0.6) is 11.5 Å². The van der Waals surface area contributed by atoms with E-state index < -0.39 is 0 Å². The molecule has 1 aromatic carbocycles. The van der Waals surface area contributed by atoms with Gasteiger partial charge in [0.05, 0.1) is 0 Å². The normalized spacial score (nSPS) is 32.0. The zero-order chi connectivity index (χ0) is 20.3. The summed E-state index contributed by atoms with van der Waals surface area (Å²) in [6.45, 7) is 2.79. The molecule has 30 heavy (non-hydrogen) atoms. The van der Waals surface area contributed by atoms with Crippen molar-refractivity contribution in [3.8, 4) is 11.5 Å². The number of amides is 1. The van der Waals surface area contributed by atoms with Gasteiger partial charge in [-0.1, -0.05) is 23.8 Å². The molecule has 2 aliphatic heterocycles. The summed E-state index contributed by atoms with van der Waals surface area (Å²) in [5, 5.41) is 4.21. The number of benzene rings is 1. The Morgan fingerprint density at radius 1 is 1.20 bits per heavy atom. The third-order valence-electron chi connectivity index (χ3n) is 8.24. The van der Waals surface area contributed by atoms with Gasteiger partial charge in [-0.2, -0.15) is 0 Å². The number of carbonyl (C=O) groups excluding carboxylic acids is 1. The molecule has 2 saturated carbocycles. The smallest absolute Gasteiger partial charge is 0.231 e. The second-order valence-electron chi connectivity index (χ2n) is 9.75. The Hall–Kier alpha value is -1.72. The summed E-state index contributed by atoms with van der Waals surface area (Å²) in [5.41, 5.74) is 1.62. The fraction of sp³-hybridized carbons (Fsp3) is 0.625. The minimum absolute atomic E-state index is 0.258. The lowest BCUT2D eigenvalue weighted by Crippen LogP contribution is -2.39. The topological polar surface area (TPSA) is 50.8 Å². The molecule has 1 amide bonds. The van der Waals surface area contributed by atoms with Crippen LogP contribution >= 0.6 is 11.6 Å². The number of likely N-dealkylation sites (tertiary alicyclic amines) is 1. The van der Waals surface area contributed by atoms with Crippen LogP contribution < -0.4 is 14.8 Å². The lowest BCUT2D eigenvalue weighted by molar-refractivity contribution is -0.129. The predicted molar refractivity (Wildman–Crippen MR) is 115 cm³/mol.